The van der Waals surface area contributed by atoms with Gasteiger partial charge in [-0.3, -0.25) is 0 Å². The highest BCUT2D eigenvalue weighted by Crippen LogP contribution is 2.13. The van der Waals surface area contributed by atoms with E-state index >= 15 is 0 Å². The molecule has 1 heterocycles. The smallest absolute Gasteiger partial charge is 0.294 e. The number of anilines is 1. The predicted octanol–water partition coefficient (Wildman–Crippen LogP) is 2.60. The lowest BCUT2D eigenvalue weighted by atomic mass is 10.2. The normalized spacial score (nSPS) is 10.1. The summed E-state index contributed by atoms with van der Waals surface area (Å²) >= 11 is 0. The monoisotopic (exact) mass is 218 g/mol. The third kappa shape index (κ3) is 2.53. The standard InChI is InChI=1S/C12H14N2O2/c1-9-8-16-12(14-9)13-7-10-3-5-11(15-2)6-4-10/h3-6,8H,7H2,1-2H3,(H,13,14). The van der Waals surface area contributed by atoms with Crippen LogP contribution in [-0.4, -0.2) is 12.1 Å². The number of ether oxygens (including phenoxy) is 1. The molecule has 2 rings (SSSR count). The Hall–Kier alpha value is -1.97. The van der Waals surface area contributed by atoms with Crippen LogP contribution in [0.2, 0.25) is 0 Å². The lowest BCUT2D eigenvalue weighted by Crippen LogP contribution is -1.99. The van der Waals surface area contributed by atoms with Gasteiger partial charge in [-0.15, -0.1) is 0 Å². The van der Waals surface area contributed by atoms with Crippen LogP contribution in [-0.2, 0) is 6.54 Å². The zero-order valence-corrected chi connectivity index (χ0v) is 9.36. The van der Waals surface area contributed by atoms with Gasteiger partial charge in [-0.2, -0.15) is 4.98 Å². The van der Waals surface area contributed by atoms with Crippen LogP contribution in [0, 0.1) is 6.92 Å². The van der Waals surface area contributed by atoms with Gasteiger partial charge in [0.05, 0.1) is 12.8 Å². The molecule has 0 aliphatic carbocycles. The van der Waals surface area contributed by atoms with Crippen LogP contribution < -0.4 is 10.1 Å². The molecule has 0 atom stereocenters. The first-order chi connectivity index (χ1) is 7.78. The van der Waals surface area contributed by atoms with E-state index in [1.54, 1.807) is 13.4 Å². The van der Waals surface area contributed by atoms with Gasteiger partial charge in [0, 0.05) is 6.54 Å². The van der Waals surface area contributed by atoms with E-state index in [1.807, 2.05) is 31.2 Å². The summed E-state index contributed by atoms with van der Waals surface area (Å²) in [6.07, 6.45) is 1.62. The van der Waals surface area contributed by atoms with Gasteiger partial charge in [-0.1, -0.05) is 12.1 Å². The van der Waals surface area contributed by atoms with Gasteiger partial charge in [0.1, 0.15) is 12.0 Å². The van der Waals surface area contributed by atoms with Gasteiger partial charge in [-0.05, 0) is 24.6 Å². The van der Waals surface area contributed by atoms with Crippen molar-refractivity contribution in [3.8, 4) is 5.75 Å². The third-order valence-electron chi connectivity index (χ3n) is 2.22. The van der Waals surface area contributed by atoms with Gasteiger partial charge in [0.2, 0.25) is 0 Å². The predicted molar refractivity (Wildman–Crippen MR) is 61.6 cm³/mol. The van der Waals surface area contributed by atoms with E-state index in [-0.39, 0.29) is 0 Å². The van der Waals surface area contributed by atoms with E-state index < -0.39 is 0 Å². The van der Waals surface area contributed by atoms with E-state index in [0.29, 0.717) is 12.6 Å². The molecule has 0 aliphatic heterocycles. The van der Waals surface area contributed by atoms with E-state index in [9.17, 15) is 0 Å². The summed E-state index contributed by atoms with van der Waals surface area (Å²) in [6, 6.07) is 8.41. The molecular formula is C12H14N2O2. The molecule has 0 amide bonds. The maximum Gasteiger partial charge on any atom is 0.294 e. The fourth-order valence-electron chi connectivity index (χ4n) is 1.36. The maximum atomic E-state index is 5.18. The molecule has 0 radical (unpaired) electrons. The average molecular weight is 218 g/mol. The Balaban J connectivity index is 1.94. The summed E-state index contributed by atoms with van der Waals surface area (Å²) in [5, 5.41) is 3.10. The van der Waals surface area contributed by atoms with Crippen LogP contribution in [0.3, 0.4) is 0 Å². The van der Waals surface area contributed by atoms with Crippen LogP contribution in [0.5, 0.6) is 5.75 Å². The number of nitrogens with one attached hydrogen (secondary N) is 1. The van der Waals surface area contributed by atoms with Crippen molar-refractivity contribution >= 4 is 6.01 Å². The van der Waals surface area contributed by atoms with E-state index in [2.05, 4.69) is 10.3 Å². The molecular weight excluding hydrogens is 204 g/mol. The van der Waals surface area contributed by atoms with E-state index in [4.69, 9.17) is 9.15 Å². The molecule has 4 heteroatoms. The lowest BCUT2D eigenvalue weighted by molar-refractivity contribution is 0.414. The Labute approximate surface area is 94.3 Å². The lowest BCUT2D eigenvalue weighted by Gasteiger charge is -2.03. The third-order valence-corrected chi connectivity index (χ3v) is 2.22. The van der Waals surface area contributed by atoms with Crippen molar-refractivity contribution in [3.05, 3.63) is 41.8 Å². The molecule has 1 aromatic heterocycles. The number of methoxy groups -OCH3 is 1. The molecule has 1 N–H and O–H groups in total. The summed E-state index contributed by atoms with van der Waals surface area (Å²) < 4.78 is 10.3. The number of aryl methyl sites for hydroxylation is 1. The molecule has 16 heavy (non-hydrogen) atoms. The van der Waals surface area contributed by atoms with Crippen LogP contribution in [0.4, 0.5) is 6.01 Å². The first-order valence-corrected chi connectivity index (χ1v) is 5.07. The maximum absolute atomic E-state index is 5.18. The fourth-order valence-corrected chi connectivity index (χ4v) is 1.36. The van der Waals surface area contributed by atoms with E-state index in [0.717, 1.165) is 17.0 Å². The van der Waals surface area contributed by atoms with Crippen molar-refractivity contribution in [1.29, 1.82) is 0 Å². The number of aromatic nitrogens is 1. The number of benzene rings is 1. The van der Waals surface area contributed by atoms with Gasteiger partial charge >= 0.3 is 0 Å². The highest BCUT2D eigenvalue weighted by molar-refractivity contribution is 5.30. The summed E-state index contributed by atoms with van der Waals surface area (Å²) in [7, 11) is 1.66. The molecule has 0 saturated heterocycles. The largest absolute Gasteiger partial charge is 0.497 e. The minimum atomic E-state index is 0.549. The van der Waals surface area contributed by atoms with Crippen molar-refractivity contribution in [3.63, 3.8) is 0 Å². The fraction of sp³-hybridized carbons (Fsp3) is 0.250. The number of nitrogens with zero attached hydrogens (tertiary/aromatic N) is 1. The topological polar surface area (TPSA) is 47.3 Å². The van der Waals surface area contributed by atoms with Gasteiger partial charge in [-0.25, -0.2) is 0 Å². The zero-order valence-electron chi connectivity index (χ0n) is 9.36. The van der Waals surface area contributed by atoms with Gasteiger partial charge in [0.25, 0.3) is 6.01 Å². The zero-order chi connectivity index (χ0) is 11.4. The van der Waals surface area contributed by atoms with Crippen LogP contribution in [0.15, 0.2) is 34.9 Å². The second kappa shape index (κ2) is 4.70. The summed E-state index contributed by atoms with van der Waals surface area (Å²) in [5.41, 5.74) is 2.02. The molecule has 0 spiro atoms. The first-order valence-electron chi connectivity index (χ1n) is 5.07. The molecule has 1 aromatic carbocycles. The minimum Gasteiger partial charge on any atom is -0.497 e. The molecule has 0 bridgehead atoms. The Morgan fingerprint density at radius 3 is 2.62 bits per heavy atom. The summed E-state index contributed by atoms with van der Waals surface area (Å²) in [5.74, 6) is 0.857. The van der Waals surface area contributed by atoms with Crippen LogP contribution >= 0.6 is 0 Å². The second-order valence-corrected chi connectivity index (χ2v) is 3.50. The average Bonchev–Trinajstić information content (AvgIpc) is 2.73. The summed E-state index contributed by atoms with van der Waals surface area (Å²) in [4.78, 5) is 4.16. The molecule has 84 valence electrons. The summed E-state index contributed by atoms with van der Waals surface area (Å²) in [6.45, 7) is 2.58. The first kappa shape index (κ1) is 10.5. The van der Waals surface area contributed by atoms with Crippen molar-refractivity contribution in [2.45, 2.75) is 13.5 Å². The Bertz CT molecular complexity index is 448. The number of oxazole rings is 1. The van der Waals surface area contributed by atoms with Crippen LogP contribution in [0.1, 0.15) is 11.3 Å². The number of rotatable bonds is 4. The van der Waals surface area contributed by atoms with Crippen molar-refractivity contribution in [1.82, 2.24) is 4.98 Å². The SMILES string of the molecule is COc1ccc(CNc2nc(C)co2)cc1. The van der Waals surface area contributed by atoms with Gasteiger partial charge in [0.15, 0.2) is 0 Å². The van der Waals surface area contributed by atoms with Crippen molar-refractivity contribution < 1.29 is 9.15 Å². The minimum absolute atomic E-state index is 0.549. The van der Waals surface area contributed by atoms with Crippen molar-refractivity contribution in [2.75, 3.05) is 12.4 Å². The molecule has 0 aliphatic rings. The highest BCUT2D eigenvalue weighted by Gasteiger charge is 1.99. The van der Waals surface area contributed by atoms with Crippen LogP contribution in [0.25, 0.3) is 0 Å². The molecule has 0 unspecified atom stereocenters. The number of hydrogen-bond acceptors (Lipinski definition) is 4. The molecule has 4 nitrogen and oxygen atoms in total. The molecule has 2 aromatic rings. The van der Waals surface area contributed by atoms with Crippen molar-refractivity contribution in [2.24, 2.45) is 0 Å². The second-order valence-electron chi connectivity index (χ2n) is 3.50. The van der Waals surface area contributed by atoms with Gasteiger partial charge < -0.3 is 14.5 Å². The number of hydrogen-bond donors (Lipinski definition) is 1. The molecule has 0 saturated carbocycles. The molecule has 0 fully saturated rings. The Kier molecular flexibility index (Phi) is 3.10. The Morgan fingerprint density at radius 1 is 1.31 bits per heavy atom. The Morgan fingerprint density at radius 2 is 2.06 bits per heavy atom. The quantitative estimate of drug-likeness (QED) is 0.856. The van der Waals surface area contributed by atoms with E-state index in [1.165, 1.54) is 0 Å². The highest BCUT2D eigenvalue weighted by atomic mass is 16.5.